The zero-order valence-corrected chi connectivity index (χ0v) is 49.5. The van der Waals surface area contributed by atoms with Crippen LogP contribution in [0.1, 0.15) is 213 Å². The van der Waals surface area contributed by atoms with Gasteiger partial charge in [-0.1, -0.05) is 205 Å². The molecule has 78 heavy (non-hydrogen) atoms. The van der Waals surface area contributed by atoms with Gasteiger partial charge in [0.2, 0.25) is 0 Å². The molecule has 0 aromatic heterocycles. The second-order valence-corrected chi connectivity index (χ2v) is 20.5. The third kappa shape index (κ3) is 56.1. The van der Waals surface area contributed by atoms with Crippen molar-refractivity contribution in [2.24, 2.45) is 0 Å². The van der Waals surface area contributed by atoms with Crippen molar-refractivity contribution < 1.29 is 52.2 Å². The molecular formula is C66H105O11P. The number of hydrogen-bond acceptors (Lipinski definition) is 10. The molecule has 3 unspecified atom stereocenters. The number of phosphoric ester groups is 1. The number of carbonyl (C=O) groups excluding carboxylic acids is 3. The monoisotopic (exact) mass is 1100 g/mol. The summed E-state index contributed by atoms with van der Waals surface area (Å²) in [7, 11) is -4.78. The van der Waals surface area contributed by atoms with Crippen LogP contribution in [-0.4, -0.2) is 66.5 Å². The molecule has 0 heterocycles. The Morgan fingerprint density at radius 1 is 0.359 bits per heavy atom. The molecule has 0 radical (unpaired) electrons. The van der Waals surface area contributed by atoms with Gasteiger partial charge in [0.1, 0.15) is 12.7 Å². The lowest BCUT2D eigenvalue weighted by molar-refractivity contribution is -0.161. The van der Waals surface area contributed by atoms with E-state index in [4.69, 9.17) is 23.3 Å². The van der Waals surface area contributed by atoms with Crippen LogP contribution < -0.4 is 0 Å². The predicted octanol–water partition coefficient (Wildman–Crippen LogP) is 17.9. The van der Waals surface area contributed by atoms with Crippen LogP contribution in [0, 0.1) is 0 Å². The van der Waals surface area contributed by atoms with Gasteiger partial charge in [-0.2, -0.15) is 0 Å². The first-order chi connectivity index (χ1) is 38.2. The van der Waals surface area contributed by atoms with E-state index in [2.05, 4.69) is 167 Å². The Bertz CT molecular complexity index is 1860. The van der Waals surface area contributed by atoms with Crippen molar-refractivity contribution in [1.82, 2.24) is 0 Å². The maximum atomic E-state index is 12.9. The van der Waals surface area contributed by atoms with Crippen molar-refractivity contribution >= 4 is 25.7 Å². The zero-order chi connectivity index (χ0) is 56.9. The second kappa shape index (κ2) is 58.5. The summed E-state index contributed by atoms with van der Waals surface area (Å²) in [5.41, 5.74) is 0. The molecule has 0 aliphatic heterocycles. The third-order valence-electron chi connectivity index (χ3n) is 11.7. The van der Waals surface area contributed by atoms with Gasteiger partial charge in [-0.25, -0.2) is 4.57 Å². The summed E-state index contributed by atoms with van der Waals surface area (Å²) < 4.78 is 39.5. The molecule has 0 bridgehead atoms. The molecule has 0 fully saturated rings. The minimum Gasteiger partial charge on any atom is -0.462 e. The molecule has 0 aliphatic rings. The highest BCUT2D eigenvalue weighted by molar-refractivity contribution is 7.47. The van der Waals surface area contributed by atoms with Crippen molar-refractivity contribution in [2.75, 3.05) is 26.4 Å². The van der Waals surface area contributed by atoms with E-state index in [1.165, 1.54) is 12.8 Å². The third-order valence-corrected chi connectivity index (χ3v) is 12.7. The Hall–Kier alpha value is -4.64. The minimum absolute atomic E-state index is 0.114. The number of phosphoric acid groups is 1. The second-order valence-electron chi connectivity index (χ2n) is 19.0. The van der Waals surface area contributed by atoms with Gasteiger partial charge >= 0.3 is 25.7 Å². The van der Waals surface area contributed by atoms with Gasteiger partial charge in [0.25, 0.3) is 0 Å². The van der Waals surface area contributed by atoms with Crippen molar-refractivity contribution in [3.63, 3.8) is 0 Å². The molecule has 0 aromatic carbocycles. The molecule has 3 atom stereocenters. The molecule has 12 heteroatoms. The minimum atomic E-state index is -4.78. The summed E-state index contributed by atoms with van der Waals surface area (Å²) in [5, 5.41) is 9.82. The predicted molar refractivity (Wildman–Crippen MR) is 325 cm³/mol. The average molecular weight is 1110 g/mol. The van der Waals surface area contributed by atoms with E-state index in [9.17, 15) is 28.9 Å². The quantitative estimate of drug-likeness (QED) is 0.0197. The lowest BCUT2D eigenvalue weighted by Crippen LogP contribution is -2.30. The molecule has 2 N–H and O–H groups in total. The molecule has 11 nitrogen and oxygen atoms in total. The van der Waals surface area contributed by atoms with E-state index in [0.717, 1.165) is 141 Å². The Labute approximate surface area is 473 Å². The van der Waals surface area contributed by atoms with Crippen LogP contribution in [0.3, 0.4) is 0 Å². The van der Waals surface area contributed by atoms with E-state index < -0.39 is 57.8 Å². The molecule has 0 saturated carbocycles. The first-order valence-corrected chi connectivity index (χ1v) is 31.2. The Balaban J connectivity index is 4.87. The van der Waals surface area contributed by atoms with E-state index >= 15 is 0 Å². The van der Waals surface area contributed by atoms with Crippen molar-refractivity contribution in [1.29, 1.82) is 0 Å². The van der Waals surface area contributed by atoms with Crippen LogP contribution in [0.2, 0.25) is 0 Å². The lowest BCUT2D eigenvalue weighted by Gasteiger charge is -2.21. The number of aliphatic hydroxyl groups is 1. The van der Waals surface area contributed by atoms with Crippen LogP contribution in [0.25, 0.3) is 0 Å². The van der Waals surface area contributed by atoms with Gasteiger partial charge in [0, 0.05) is 19.3 Å². The average Bonchev–Trinajstić information content (AvgIpc) is 3.43. The summed E-state index contributed by atoms with van der Waals surface area (Å²) in [5.74, 6) is -1.58. The number of ether oxygens (including phenoxy) is 3. The maximum Gasteiger partial charge on any atom is 0.472 e. The van der Waals surface area contributed by atoms with E-state index in [1.807, 2.05) is 0 Å². The van der Waals surface area contributed by atoms with Crippen molar-refractivity contribution in [3.8, 4) is 0 Å². The summed E-state index contributed by atoms with van der Waals surface area (Å²) in [6, 6.07) is 0. The number of allylic oxidation sites excluding steroid dienone is 24. The smallest absolute Gasteiger partial charge is 0.462 e. The van der Waals surface area contributed by atoms with E-state index in [0.29, 0.717) is 19.3 Å². The molecule has 440 valence electrons. The molecule has 0 aromatic rings. The fourth-order valence-corrected chi connectivity index (χ4v) is 8.11. The van der Waals surface area contributed by atoms with Gasteiger partial charge in [-0.3, -0.25) is 23.4 Å². The van der Waals surface area contributed by atoms with Crippen LogP contribution in [-0.2, 0) is 42.2 Å². The topological polar surface area (TPSA) is 155 Å². The first kappa shape index (κ1) is 73.4. The Kier molecular flexibility index (Phi) is 55.0. The Morgan fingerprint density at radius 3 is 1.00 bits per heavy atom. The standard InChI is InChI=1S/C66H105O11P/c1-4-7-10-13-16-19-22-25-28-30-31-33-36-39-42-45-48-51-54-57-66(70)77-63(59-73-64(68)55-52-49-46-43-40-37-35-32-29-26-23-20-17-14-11-8-5-2)61-75-78(71,72)74-60-62(58-67)76-65(69)56-53-50-47-44-41-38-34-27-24-21-18-15-12-9-6-3/h7-12,16-21,25-29,31,33-34,39,41-42,44,62-63,67H,4-6,13-15,22-24,30,32,35-38,40,43,45-61H2,1-3H3,(H,71,72)/b10-7-,11-8-,12-9-,19-16-,20-17-,21-18-,28-25-,29-26-,33-31-,34-27-,42-39-,44-41-. The Morgan fingerprint density at radius 2 is 0.628 bits per heavy atom. The lowest BCUT2D eigenvalue weighted by atomic mass is 10.1. The highest BCUT2D eigenvalue weighted by Crippen LogP contribution is 2.43. The fraction of sp³-hybridized carbons (Fsp3) is 0.591. The first-order valence-electron chi connectivity index (χ1n) is 29.7. The molecule has 0 saturated heterocycles. The number of aliphatic hydroxyl groups excluding tert-OH is 1. The number of unbranched alkanes of at least 4 members (excludes halogenated alkanes) is 12. The normalized spacial score (nSPS) is 14.4. The molecule has 0 spiro atoms. The summed E-state index contributed by atoms with van der Waals surface area (Å²) >= 11 is 0. The number of esters is 3. The zero-order valence-electron chi connectivity index (χ0n) is 48.6. The van der Waals surface area contributed by atoms with Gasteiger partial charge in [0.05, 0.1) is 19.8 Å². The number of carbonyl (C=O) groups is 3. The molecule has 0 aliphatic carbocycles. The fourth-order valence-electron chi connectivity index (χ4n) is 7.33. The highest BCUT2D eigenvalue weighted by Gasteiger charge is 2.28. The van der Waals surface area contributed by atoms with E-state index in [-0.39, 0.29) is 25.9 Å². The molecule has 0 rings (SSSR count). The summed E-state index contributed by atoms with van der Waals surface area (Å²) in [6.45, 7) is 4.19. The SMILES string of the molecule is CC/C=C\C/C=C\C/C=C\C/C=C\C/C=C\CCCCCC(=O)OC(COC(=O)CCCCCCCCC/C=C\C/C=C\C/C=C\CC)COP(=O)(O)OCC(CO)OC(=O)CCCC/C=C\C/C=C\C/C=C\C/C=C\CC. The van der Waals surface area contributed by atoms with Crippen LogP contribution in [0.4, 0.5) is 0 Å². The van der Waals surface area contributed by atoms with Crippen molar-refractivity contribution in [2.45, 2.75) is 226 Å². The van der Waals surface area contributed by atoms with Gasteiger partial charge < -0.3 is 24.2 Å². The van der Waals surface area contributed by atoms with Crippen LogP contribution >= 0.6 is 7.82 Å². The van der Waals surface area contributed by atoms with Crippen molar-refractivity contribution in [3.05, 3.63) is 146 Å². The highest BCUT2D eigenvalue weighted by atomic mass is 31.2. The van der Waals surface area contributed by atoms with Crippen LogP contribution in [0.5, 0.6) is 0 Å². The maximum absolute atomic E-state index is 12.9. The van der Waals surface area contributed by atoms with Gasteiger partial charge in [-0.15, -0.1) is 0 Å². The van der Waals surface area contributed by atoms with Crippen LogP contribution in [0.15, 0.2) is 146 Å². The summed E-state index contributed by atoms with van der Waals surface area (Å²) in [6.07, 6.45) is 75.2. The largest absolute Gasteiger partial charge is 0.472 e. The number of hydrogen-bond donors (Lipinski definition) is 2. The number of rotatable bonds is 53. The molecule has 0 amide bonds. The van der Waals surface area contributed by atoms with Gasteiger partial charge in [0.15, 0.2) is 6.10 Å². The summed E-state index contributed by atoms with van der Waals surface area (Å²) in [4.78, 5) is 48.6. The molecular weight excluding hydrogens is 1000 g/mol. The van der Waals surface area contributed by atoms with Gasteiger partial charge in [-0.05, 0) is 135 Å². The van der Waals surface area contributed by atoms with E-state index in [1.54, 1.807) is 0 Å².